The number of rotatable bonds is 4. The minimum Gasteiger partial charge on any atom is -0.488 e. The summed E-state index contributed by atoms with van der Waals surface area (Å²) in [5, 5.41) is 0. The molecule has 1 aromatic heterocycles. The van der Waals surface area contributed by atoms with E-state index in [1.807, 2.05) is 0 Å². The van der Waals surface area contributed by atoms with Gasteiger partial charge in [0.1, 0.15) is 0 Å². The lowest BCUT2D eigenvalue weighted by Crippen LogP contribution is -2.23. The van der Waals surface area contributed by atoms with Crippen molar-refractivity contribution in [3.63, 3.8) is 0 Å². The van der Waals surface area contributed by atoms with Gasteiger partial charge in [0, 0.05) is 20.3 Å². The molecule has 1 heterocycles. The zero-order valence-electron chi connectivity index (χ0n) is 11.4. The molecule has 0 unspecified atom stereocenters. The van der Waals surface area contributed by atoms with Crippen LogP contribution in [0.3, 0.4) is 0 Å². The second-order valence-corrected chi connectivity index (χ2v) is 5.24. The molecular formula is C14H20N2O2. The molecule has 0 radical (unpaired) electrons. The molecule has 4 heteroatoms. The van der Waals surface area contributed by atoms with Crippen molar-refractivity contribution in [2.75, 3.05) is 14.1 Å². The maximum absolute atomic E-state index is 12.2. The third-order valence-electron chi connectivity index (χ3n) is 2.92. The fraction of sp³-hybridized carbons (Fsp3) is 0.571. The van der Waals surface area contributed by atoms with Crippen molar-refractivity contribution in [3.8, 4) is 5.75 Å². The number of pyridine rings is 1. The fourth-order valence-corrected chi connectivity index (χ4v) is 1.76. The van der Waals surface area contributed by atoms with E-state index in [1.165, 1.54) is 0 Å². The summed E-state index contributed by atoms with van der Waals surface area (Å²) in [7, 11) is 3.50. The number of nitrogens with zero attached hydrogens (tertiary/aromatic N) is 2. The van der Waals surface area contributed by atoms with Crippen LogP contribution in [-0.4, -0.2) is 36.0 Å². The molecule has 1 saturated carbocycles. The molecule has 1 amide bonds. The Balaban J connectivity index is 2.42. The molecule has 0 aliphatic heterocycles. The van der Waals surface area contributed by atoms with E-state index in [0.29, 0.717) is 11.3 Å². The predicted octanol–water partition coefficient (Wildman–Crippen LogP) is 2.45. The third kappa shape index (κ3) is 2.63. The summed E-state index contributed by atoms with van der Waals surface area (Å²) < 4.78 is 5.91. The third-order valence-corrected chi connectivity index (χ3v) is 2.92. The summed E-state index contributed by atoms with van der Waals surface area (Å²) in [4.78, 5) is 18.1. The highest BCUT2D eigenvalue weighted by atomic mass is 16.5. The second-order valence-electron chi connectivity index (χ2n) is 5.24. The standard InChI is InChI=1S/C14H20N2O2/c1-9(2)12-13(18-10-5-6-10)11(7-8-15-12)14(17)16(3)4/h7-10H,5-6H2,1-4H3. The van der Waals surface area contributed by atoms with E-state index in [4.69, 9.17) is 4.74 Å². The lowest BCUT2D eigenvalue weighted by Gasteiger charge is -2.18. The van der Waals surface area contributed by atoms with E-state index >= 15 is 0 Å². The molecular weight excluding hydrogens is 228 g/mol. The Morgan fingerprint density at radius 1 is 1.44 bits per heavy atom. The Morgan fingerprint density at radius 2 is 2.11 bits per heavy atom. The summed E-state index contributed by atoms with van der Waals surface area (Å²) in [6.45, 7) is 4.12. The van der Waals surface area contributed by atoms with Gasteiger partial charge in [-0.1, -0.05) is 13.8 Å². The van der Waals surface area contributed by atoms with Crippen LogP contribution in [0.1, 0.15) is 48.7 Å². The molecule has 98 valence electrons. The van der Waals surface area contributed by atoms with E-state index in [1.54, 1.807) is 31.3 Å². The quantitative estimate of drug-likeness (QED) is 0.822. The van der Waals surface area contributed by atoms with Crippen LogP contribution in [0.2, 0.25) is 0 Å². The largest absolute Gasteiger partial charge is 0.488 e. The molecule has 0 N–H and O–H groups in total. The molecule has 18 heavy (non-hydrogen) atoms. The van der Waals surface area contributed by atoms with Crippen LogP contribution in [0.25, 0.3) is 0 Å². The fourth-order valence-electron chi connectivity index (χ4n) is 1.76. The van der Waals surface area contributed by atoms with Gasteiger partial charge in [-0.3, -0.25) is 9.78 Å². The smallest absolute Gasteiger partial charge is 0.257 e. The molecule has 0 spiro atoms. The van der Waals surface area contributed by atoms with Crippen LogP contribution in [0.5, 0.6) is 5.75 Å². The number of aromatic nitrogens is 1. The van der Waals surface area contributed by atoms with Crippen molar-refractivity contribution in [2.45, 2.75) is 38.7 Å². The number of hydrogen-bond acceptors (Lipinski definition) is 3. The number of carbonyl (C=O) groups excluding carboxylic acids is 1. The molecule has 0 aromatic carbocycles. The topological polar surface area (TPSA) is 42.4 Å². The van der Waals surface area contributed by atoms with Crippen LogP contribution in [-0.2, 0) is 0 Å². The zero-order valence-corrected chi connectivity index (χ0v) is 11.4. The average Bonchev–Trinajstić information content (AvgIpc) is 3.11. The van der Waals surface area contributed by atoms with Gasteiger partial charge < -0.3 is 9.64 Å². The number of amides is 1. The molecule has 0 saturated heterocycles. The van der Waals surface area contributed by atoms with E-state index in [2.05, 4.69) is 18.8 Å². The second kappa shape index (κ2) is 4.96. The highest BCUT2D eigenvalue weighted by molar-refractivity contribution is 5.96. The van der Waals surface area contributed by atoms with Gasteiger partial charge in [-0.15, -0.1) is 0 Å². The van der Waals surface area contributed by atoms with Crippen LogP contribution in [0.4, 0.5) is 0 Å². The van der Waals surface area contributed by atoms with Crippen molar-refractivity contribution in [1.82, 2.24) is 9.88 Å². The van der Waals surface area contributed by atoms with Crippen molar-refractivity contribution in [2.24, 2.45) is 0 Å². The lowest BCUT2D eigenvalue weighted by molar-refractivity contribution is 0.0822. The molecule has 1 aliphatic rings. The minimum absolute atomic E-state index is 0.0325. The van der Waals surface area contributed by atoms with Crippen molar-refractivity contribution in [1.29, 1.82) is 0 Å². The van der Waals surface area contributed by atoms with Gasteiger partial charge in [0.2, 0.25) is 0 Å². The summed E-state index contributed by atoms with van der Waals surface area (Å²) >= 11 is 0. The van der Waals surface area contributed by atoms with Crippen molar-refractivity contribution in [3.05, 3.63) is 23.5 Å². The van der Waals surface area contributed by atoms with Gasteiger partial charge in [0.05, 0.1) is 17.4 Å². The molecule has 1 aromatic rings. The summed E-state index contributed by atoms with van der Waals surface area (Å²) in [6.07, 6.45) is 4.09. The van der Waals surface area contributed by atoms with E-state index < -0.39 is 0 Å². The Labute approximate surface area is 108 Å². The average molecular weight is 248 g/mol. The number of carbonyl (C=O) groups is 1. The number of hydrogen-bond donors (Lipinski definition) is 0. The summed E-state index contributed by atoms with van der Waals surface area (Å²) in [5.41, 5.74) is 1.49. The van der Waals surface area contributed by atoms with Gasteiger partial charge in [-0.05, 0) is 24.8 Å². The first-order valence-corrected chi connectivity index (χ1v) is 6.38. The molecule has 1 fully saturated rings. The summed E-state index contributed by atoms with van der Waals surface area (Å²) in [6, 6.07) is 1.74. The van der Waals surface area contributed by atoms with Crippen molar-refractivity contribution < 1.29 is 9.53 Å². The van der Waals surface area contributed by atoms with E-state index in [0.717, 1.165) is 18.5 Å². The maximum Gasteiger partial charge on any atom is 0.257 e. The Hall–Kier alpha value is -1.58. The maximum atomic E-state index is 12.2. The Morgan fingerprint density at radius 3 is 2.61 bits per heavy atom. The van der Waals surface area contributed by atoms with Crippen LogP contribution in [0, 0.1) is 0 Å². The molecule has 0 atom stereocenters. The number of ether oxygens (including phenoxy) is 1. The van der Waals surface area contributed by atoms with Gasteiger partial charge >= 0.3 is 0 Å². The van der Waals surface area contributed by atoms with Crippen LogP contribution < -0.4 is 4.74 Å². The molecule has 0 bridgehead atoms. The van der Waals surface area contributed by atoms with E-state index in [9.17, 15) is 4.79 Å². The van der Waals surface area contributed by atoms with E-state index in [-0.39, 0.29) is 17.9 Å². The minimum atomic E-state index is -0.0325. The first-order chi connectivity index (χ1) is 8.50. The summed E-state index contributed by atoms with van der Waals surface area (Å²) in [5.74, 6) is 0.886. The Bertz CT molecular complexity index is 451. The SMILES string of the molecule is CC(C)c1nccc(C(=O)N(C)C)c1OC1CC1. The normalized spacial score (nSPS) is 14.7. The first kappa shape index (κ1) is 12.9. The first-order valence-electron chi connectivity index (χ1n) is 6.38. The predicted molar refractivity (Wildman–Crippen MR) is 70.0 cm³/mol. The lowest BCUT2D eigenvalue weighted by atomic mass is 10.1. The van der Waals surface area contributed by atoms with Gasteiger partial charge in [-0.2, -0.15) is 0 Å². The van der Waals surface area contributed by atoms with Crippen molar-refractivity contribution >= 4 is 5.91 Å². The van der Waals surface area contributed by atoms with Gasteiger partial charge in [0.15, 0.2) is 5.75 Å². The zero-order chi connectivity index (χ0) is 13.3. The Kier molecular flexibility index (Phi) is 3.55. The van der Waals surface area contributed by atoms with Crippen LogP contribution >= 0.6 is 0 Å². The van der Waals surface area contributed by atoms with Gasteiger partial charge in [-0.25, -0.2) is 0 Å². The molecule has 4 nitrogen and oxygen atoms in total. The molecule has 1 aliphatic carbocycles. The van der Waals surface area contributed by atoms with Gasteiger partial charge in [0.25, 0.3) is 5.91 Å². The van der Waals surface area contributed by atoms with Crippen LogP contribution in [0.15, 0.2) is 12.3 Å². The molecule has 2 rings (SSSR count). The monoisotopic (exact) mass is 248 g/mol. The highest BCUT2D eigenvalue weighted by Gasteiger charge is 2.28. The highest BCUT2D eigenvalue weighted by Crippen LogP contribution is 2.34.